The Morgan fingerprint density at radius 2 is 2.28 bits per heavy atom. The van der Waals surface area contributed by atoms with Crippen molar-refractivity contribution in [2.24, 2.45) is 0 Å². The van der Waals surface area contributed by atoms with E-state index in [-0.39, 0.29) is 6.04 Å². The minimum atomic E-state index is -0.772. The van der Waals surface area contributed by atoms with Gasteiger partial charge in [-0.05, 0) is 18.6 Å². The smallest absolute Gasteiger partial charge is 0.327 e. The average Bonchev–Trinajstić information content (AvgIpc) is 2.25. The summed E-state index contributed by atoms with van der Waals surface area (Å²) in [6.45, 7) is 4.27. The average molecular weight is 253 g/mol. The zero-order valence-electron chi connectivity index (χ0n) is 10.2. The fraction of sp³-hybridized carbons (Fsp3) is 0.500. The summed E-state index contributed by atoms with van der Waals surface area (Å²) in [4.78, 5) is 12.3. The Bertz CT molecular complexity index is 449. The molecule has 0 spiro atoms. The van der Waals surface area contributed by atoms with Crippen LogP contribution in [-0.4, -0.2) is 30.6 Å². The first-order valence-corrected chi connectivity index (χ1v) is 6.05. The van der Waals surface area contributed by atoms with Gasteiger partial charge in [0.1, 0.15) is 5.69 Å². The third-order valence-electron chi connectivity index (χ3n) is 3.12. The number of nitro benzene ring substituents is 1. The van der Waals surface area contributed by atoms with Crippen LogP contribution in [0, 0.1) is 15.9 Å². The monoisotopic (exact) mass is 253 g/mol. The summed E-state index contributed by atoms with van der Waals surface area (Å²) in [5.74, 6) is -0.772. The zero-order valence-corrected chi connectivity index (χ0v) is 10.2. The molecule has 0 atom stereocenters. The van der Waals surface area contributed by atoms with Crippen LogP contribution in [0.1, 0.15) is 13.3 Å². The normalized spacial score (nSPS) is 15.2. The highest BCUT2D eigenvalue weighted by molar-refractivity contribution is 5.64. The first-order chi connectivity index (χ1) is 8.65. The molecule has 18 heavy (non-hydrogen) atoms. The van der Waals surface area contributed by atoms with Crippen LogP contribution >= 0.6 is 0 Å². The van der Waals surface area contributed by atoms with Gasteiger partial charge in [0.15, 0.2) is 0 Å². The van der Waals surface area contributed by atoms with E-state index in [1.54, 1.807) is 6.07 Å². The molecule has 1 aliphatic rings. The number of anilines is 1. The predicted molar refractivity (Wildman–Crippen MR) is 67.3 cm³/mol. The van der Waals surface area contributed by atoms with Gasteiger partial charge >= 0.3 is 5.69 Å². The molecule has 1 N–H and O–H groups in total. The fourth-order valence-electron chi connectivity index (χ4n) is 2.15. The maximum atomic E-state index is 13.6. The Kier molecular flexibility index (Phi) is 3.76. The van der Waals surface area contributed by atoms with E-state index in [0.29, 0.717) is 12.2 Å². The number of hydrogen-bond donors (Lipinski definition) is 1. The highest BCUT2D eigenvalue weighted by Gasteiger charge is 2.30. The topological polar surface area (TPSA) is 58.4 Å². The van der Waals surface area contributed by atoms with Crippen molar-refractivity contribution in [2.75, 3.05) is 24.5 Å². The van der Waals surface area contributed by atoms with E-state index in [1.165, 1.54) is 6.07 Å². The van der Waals surface area contributed by atoms with Crippen LogP contribution in [-0.2, 0) is 0 Å². The Morgan fingerprint density at radius 1 is 1.56 bits per heavy atom. The molecular formula is C12H16FN3O2. The van der Waals surface area contributed by atoms with E-state index < -0.39 is 16.4 Å². The van der Waals surface area contributed by atoms with Gasteiger partial charge in [-0.3, -0.25) is 10.1 Å². The van der Waals surface area contributed by atoms with Crippen molar-refractivity contribution in [3.8, 4) is 0 Å². The van der Waals surface area contributed by atoms with Gasteiger partial charge in [-0.25, -0.2) is 0 Å². The van der Waals surface area contributed by atoms with Crippen molar-refractivity contribution in [3.63, 3.8) is 0 Å². The van der Waals surface area contributed by atoms with Crippen LogP contribution in [0.3, 0.4) is 0 Å². The maximum absolute atomic E-state index is 13.6. The van der Waals surface area contributed by atoms with Crippen molar-refractivity contribution in [2.45, 2.75) is 19.4 Å². The number of para-hydroxylation sites is 1. The van der Waals surface area contributed by atoms with Crippen LogP contribution in [0.25, 0.3) is 0 Å². The van der Waals surface area contributed by atoms with Gasteiger partial charge in [0, 0.05) is 19.6 Å². The van der Waals surface area contributed by atoms with Crippen molar-refractivity contribution < 1.29 is 9.31 Å². The third kappa shape index (κ3) is 2.28. The second kappa shape index (κ2) is 5.30. The number of nitro groups is 1. The molecule has 0 unspecified atom stereocenters. The van der Waals surface area contributed by atoms with Gasteiger partial charge in [0.25, 0.3) is 0 Å². The summed E-state index contributed by atoms with van der Waals surface area (Å²) in [7, 11) is 0. The Balaban J connectivity index is 2.39. The minimum Gasteiger partial charge on any atom is -0.360 e. The van der Waals surface area contributed by atoms with Crippen LogP contribution in [0.4, 0.5) is 15.8 Å². The Morgan fingerprint density at radius 3 is 2.78 bits per heavy atom. The summed E-state index contributed by atoms with van der Waals surface area (Å²) in [5, 5.41) is 14.1. The van der Waals surface area contributed by atoms with Crippen molar-refractivity contribution in [1.82, 2.24) is 5.32 Å². The number of benzene rings is 1. The molecule has 98 valence electrons. The Hall–Kier alpha value is -1.69. The quantitative estimate of drug-likeness (QED) is 0.643. The van der Waals surface area contributed by atoms with Gasteiger partial charge in [-0.2, -0.15) is 4.39 Å². The maximum Gasteiger partial charge on any atom is 0.327 e. The van der Waals surface area contributed by atoms with E-state index in [4.69, 9.17) is 0 Å². The molecule has 0 aliphatic carbocycles. The second-order valence-corrected chi connectivity index (χ2v) is 4.37. The van der Waals surface area contributed by atoms with E-state index in [9.17, 15) is 14.5 Å². The van der Waals surface area contributed by atoms with E-state index in [0.717, 1.165) is 25.6 Å². The first-order valence-electron chi connectivity index (χ1n) is 6.05. The lowest BCUT2D eigenvalue weighted by Gasteiger charge is -2.39. The third-order valence-corrected chi connectivity index (χ3v) is 3.12. The lowest BCUT2D eigenvalue weighted by atomic mass is 10.1. The highest BCUT2D eigenvalue weighted by atomic mass is 19.1. The summed E-state index contributed by atoms with van der Waals surface area (Å²) in [6.07, 6.45) is 0.865. The predicted octanol–water partition coefficient (Wildman–Crippen LogP) is 1.92. The number of nitrogens with zero attached hydrogens (tertiary/aromatic N) is 2. The number of rotatable bonds is 5. The summed E-state index contributed by atoms with van der Waals surface area (Å²) in [6, 6.07) is 4.48. The molecule has 1 aromatic rings. The first kappa shape index (κ1) is 12.8. The molecule has 0 saturated carbocycles. The van der Waals surface area contributed by atoms with Crippen molar-refractivity contribution in [3.05, 3.63) is 34.1 Å². The van der Waals surface area contributed by atoms with Crippen LogP contribution in [0.5, 0.6) is 0 Å². The van der Waals surface area contributed by atoms with E-state index in [2.05, 4.69) is 5.32 Å². The molecule has 1 aliphatic heterocycles. The molecule has 5 nitrogen and oxygen atoms in total. The standard InChI is InChI=1S/C12H16FN3O2/c1-2-6-15(9-7-14-8-9)11-5-3-4-10(13)12(11)16(17)18/h3-5,9,14H,2,6-8H2,1H3. The number of hydrogen-bond acceptors (Lipinski definition) is 4. The lowest BCUT2D eigenvalue weighted by molar-refractivity contribution is -0.386. The molecule has 0 radical (unpaired) electrons. The molecule has 6 heteroatoms. The Labute approximate surface area is 105 Å². The number of halogens is 1. The van der Waals surface area contributed by atoms with Gasteiger partial charge < -0.3 is 10.2 Å². The molecule has 1 saturated heterocycles. The SMILES string of the molecule is CCCN(c1cccc(F)c1[N+](=O)[O-])C1CNC1. The van der Waals surface area contributed by atoms with Crippen LogP contribution < -0.4 is 10.2 Å². The molecule has 1 aromatic carbocycles. The van der Waals surface area contributed by atoms with Gasteiger partial charge in [0.2, 0.25) is 5.82 Å². The molecule has 1 heterocycles. The van der Waals surface area contributed by atoms with E-state index >= 15 is 0 Å². The van der Waals surface area contributed by atoms with Gasteiger partial charge in [-0.1, -0.05) is 13.0 Å². The summed E-state index contributed by atoms with van der Waals surface area (Å²) in [5.41, 5.74) is -0.0359. The molecule has 0 aromatic heterocycles. The van der Waals surface area contributed by atoms with Crippen molar-refractivity contribution >= 4 is 11.4 Å². The van der Waals surface area contributed by atoms with Crippen LogP contribution in [0.15, 0.2) is 18.2 Å². The fourth-order valence-corrected chi connectivity index (χ4v) is 2.15. The van der Waals surface area contributed by atoms with Gasteiger partial charge in [-0.15, -0.1) is 0 Å². The van der Waals surface area contributed by atoms with Crippen molar-refractivity contribution in [1.29, 1.82) is 0 Å². The summed E-state index contributed by atoms with van der Waals surface area (Å²) >= 11 is 0. The van der Waals surface area contributed by atoms with Crippen LogP contribution in [0.2, 0.25) is 0 Å². The highest BCUT2D eigenvalue weighted by Crippen LogP contribution is 2.32. The summed E-state index contributed by atoms with van der Waals surface area (Å²) < 4.78 is 13.6. The zero-order chi connectivity index (χ0) is 13.1. The number of nitrogens with one attached hydrogen (secondary N) is 1. The largest absolute Gasteiger partial charge is 0.360 e. The van der Waals surface area contributed by atoms with Gasteiger partial charge in [0.05, 0.1) is 11.0 Å². The molecule has 0 amide bonds. The molecule has 0 bridgehead atoms. The lowest BCUT2D eigenvalue weighted by Crippen LogP contribution is -2.57. The molecule has 2 rings (SSSR count). The molecule has 1 fully saturated rings. The minimum absolute atomic E-state index is 0.213. The van der Waals surface area contributed by atoms with E-state index in [1.807, 2.05) is 11.8 Å². The molecular weight excluding hydrogens is 237 g/mol. The second-order valence-electron chi connectivity index (χ2n) is 4.37.